The Labute approximate surface area is 122 Å². The summed E-state index contributed by atoms with van der Waals surface area (Å²) in [5.74, 6) is -1.45. The number of hydrogen-bond donors (Lipinski definition) is 3. The van der Waals surface area contributed by atoms with Crippen molar-refractivity contribution in [1.29, 1.82) is 0 Å². The van der Waals surface area contributed by atoms with Gasteiger partial charge >= 0.3 is 12.0 Å². The second kappa shape index (κ2) is 8.08. The number of carboxylic acids is 1. The number of amides is 2. The Morgan fingerprint density at radius 1 is 1.43 bits per heavy atom. The van der Waals surface area contributed by atoms with Crippen LogP contribution in [0.5, 0.6) is 5.75 Å². The molecule has 7 heteroatoms. The van der Waals surface area contributed by atoms with Crippen molar-refractivity contribution in [2.75, 3.05) is 19.0 Å². The molecule has 6 nitrogen and oxygen atoms in total. The second-order valence-corrected chi connectivity index (χ2v) is 4.61. The minimum absolute atomic E-state index is 0.0192. The molecule has 0 aliphatic heterocycles. The number of carbonyl (C=O) groups is 2. The lowest BCUT2D eigenvalue weighted by molar-refractivity contribution is -0.141. The van der Waals surface area contributed by atoms with E-state index >= 15 is 0 Å². The SMILES string of the molecule is COc1ccc(F)c(NC(=O)NCCCC(C)C(=O)O)c1. The van der Waals surface area contributed by atoms with Crippen molar-refractivity contribution in [3.63, 3.8) is 0 Å². The molecule has 0 aliphatic carbocycles. The van der Waals surface area contributed by atoms with Gasteiger partial charge in [0.2, 0.25) is 0 Å². The zero-order valence-electron chi connectivity index (χ0n) is 12.0. The third-order valence-corrected chi connectivity index (χ3v) is 2.94. The summed E-state index contributed by atoms with van der Waals surface area (Å²) in [7, 11) is 1.45. The molecule has 0 aromatic heterocycles. The van der Waals surface area contributed by atoms with Crippen molar-refractivity contribution in [3.8, 4) is 5.75 Å². The number of hydrogen-bond acceptors (Lipinski definition) is 3. The maximum atomic E-state index is 13.5. The summed E-state index contributed by atoms with van der Waals surface area (Å²) >= 11 is 0. The second-order valence-electron chi connectivity index (χ2n) is 4.61. The van der Waals surface area contributed by atoms with E-state index in [0.29, 0.717) is 25.1 Å². The van der Waals surface area contributed by atoms with E-state index in [1.165, 1.54) is 25.3 Å². The molecule has 0 fully saturated rings. The first-order valence-electron chi connectivity index (χ1n) is 6.55. The molecular formula is C14H19FN2O4. The van der Waals surface area contributed by atoms with E-state index in [-0.39, 0.29) is 5.69 Å². The lowest BCUT2D eigenvalue weighted by Gasteiger charge is -2.10. The van der Waals surface area contributed by atoms with E-state index < -0.39 is 23.7 Å². The Hall–Kier alpha value is -2.31. The van der Waals surface area contributed by atoms with Gasteiger partial charge in [-0.1, -0.05) is 6.92 Å². The summed E-state index contributed by atoms with van der Waals surface area (Å²) < 4.78 is 18.4. The van der Waals surface area contributed by atoms with E-state index in [4.69, 9.17) is 9.84 Å². The first-order valence-corrected chi connectivity index (χ1v) is 6.55. The van der Waals surface area contributed by atoms with Gasteiger partial charge in [0.05, 0.1) is 18.7 Å². The van der Waals surface area contributed by atoms with Gasteiger partial charge in [-0.05, 0) is 25.0 Å². The number of ether oxygens (including phenoxy) is 1. The molecule has 0 spiro atoms. The molecular weight excluding hydrogens is 279 g/mol. The molecule has 1 rings (SSSR count). The fourth-order valence-electron chi connectivity index (χ4n) is 1.63. The quantitative estimate of drug-likeness (QED) is 0.675. The monoisotopic (exact) mass is 298 g/mol. The molecule has 1 unspecified atom stereocenters. The molecule has 0 heterocycles. The highest BCUT2D eigenvalue weighted by Gasteiger charge is 2.11. The third-order valence-electron chi connectivity index (χ3n) is 2.94. The highest BCUT2D eigenvalue weighted by molar-refractivity contribution is 5.89. The predicted octanol–water partition coefficient (Wildman–Crippen LogP) is 2.46. The van der Waals surface area contributed by atoms with Crippen LogP contribution in [-0.4, -0.2) is 30.8 Å². The van der Waals surface area contributed by atoms with Gasteiger partial charge in [0.25, 0.3) is 0 Å². The number of carbonyl (C=O) groups excluding carboxylic acids is 1. The standard InChI is InChI=1S/C14H19FN2O4/c1-9(13(18)19)4-3-7-16-14(20)17-12-8-10(21-2)5-6-11(12)15/h5-6,8-9H,3-4,7H2,1-2H3,(H,18,19)(H2,16,17,20). The van der Waals surface area contributed by atoms with Gasteiger partial charge in [-0.25, -0.2) is 9.18 Å². The van der Waals surface area contributed by atoms with E-state index in [1.807, 2.05) is 0 Å². The molecule has 1 aromatic rings. The van der Waals surface area contributed by atoms with Crippen LogP contribution in [0.1, 0.15) is 19.8 Å². The smallest absolute Gasteiger partial charge is 0.319 e. The molecule has 2 amide bonds. The number of halogens is 1. The van der Waals surface area contributed by atoms with Gasteiger partial charge in [0.15, 0.2) is 0 Å². The molecule has 0 aliphatic rings. The minimum Gasteiger partial charge on any atom is -0.497 e. The van der Waals surface area contributed by atoms with Crippen molar-refractivity contribution < 1.29 is 23.8 Å². The number of carboxylic acid groups (broad SMARTS) is 1. The van der Waals surface area contributed by atoms with Crippen LogP contribution in [0.2, 0.25) is 0 Å². The van der Waals surface area contributed by atoms with E-state index in [9.17, 15) is 14.0 Å². The average Bonchev–Trinajstić information content (AvgIpc) is 2.45. The van der Waals surface area contributed by atoms with Crippen molar-refractivity contribution in [1.82, 2.24) is 5.32 Å². The van der Waals surface area contributed by atoms with Gasteiger partial charge < -0.3 is 20.5 Å². The summed E-state index contributed by atoms with van der Waals surface area (Å²) in [6.45, 7) is 1.92. The molecule has 0 saturated heterocycles. The number of rotatable bonds is 7. The summed E-state index contributed by atoms with van der Waals surface area (Å²) in [5.41, 5.74) is 0.0192. The molecule has 116 valence electrons. The average molecular weight is 298 g/mol. The van der Waals surface area contributed by atoms with E-state index in [2.05, 4.69) is 10.6 Å². The topological polar surface area (TPSA) is 87.7 Å². The molecule has 0 radical (unpaired) electrons. The van der Waals surface area contributed by atoms with E-state index in [1.54, 1.807) is 6.92 Å². The Morgan fingerprint density at radius 2 is 2.14 bits per heavy atom. The Balaban J connectivity index is 2.39. The van der Waals surface area contributed by atoms with Gasteiger partial charge in [-0.3, -0.25) is 4.79 Å². The van der Waals surface area contributed by atoms with Crippen molar-refractivity contribution in [3.05, 3.63) is 24.0 Å². The number of urea groups is 1. The summed E-state index contributed by atoms with van der Waals surface area (Å²) in [5, 5.41) is 13.6. The fraction of sp³-hybridized carbons (Fsp3) is 0.429. The Morgan fingerprint density at radius 3 is 2.76 bits per heavy atom. The van der Waals surface area contributed by atoms with Gasteiger partial charge in [-0.15, -0.1) is 0 Å². The zero-order chi connectivity index (χ0) is 15.8. The Bertz CT molecular complexity index is 508. The maximum Gasteiger partial charge on any atom is 0.319 e. The van der Waals surface area contributed by atoms with Crippen LogP contribution >= 0.6 is 0 Å². The van der Waals surface area contributed by atoms with Gasteiger partial charge in [0, 0.05) is 12.6 Å². The molecule has 3 N–H and O–H groups in total. The van der Waals surface area contributed by atoms with Crippen LogP contribution in [0.25, 0.3) is 0 Å². The highest BCUT2D eigenvalue weighted by Crippen LogP contribution is 2.20. The molecule has 21 heavy (non-hydrogen) atoms. The predicted molar refractivity (Wildman–Crippen MR) is 76.0 cm³/mol. The van der Waals surface area contributed by atoms with Gasteiger partial charge in [0.1, 0.15) is 11.6 Å². The summed E-state index contributed by atoms with van der Waals surface area (Å²) in [4.78, 5) is 22.2. The van der Waals surface area contributed by atoms with Crippen LogP contribution in [-0.2, 0) is 4.79 Å². The van der Waals surface area contributed by atoms with E-state index in [0.717, 1.165) is 0 Å². The minimum atomic E-state index is -0.863. The first kappa shape index (κ1) is 16.7. The molecule has 1 atom stereocenters. The maximum absolute atomic E-state index is 13.5. The van der Waals surface area contributed by atoms with Crippen LogP contribution in [0.15, 0.2) is 18.2 Å². The fourth-order valence-corrected chi connectivity index (χ4v) is 1.63. The highest BCUT2D eigenvalue weighted by atomic mass is 19.1. The lowest BCUT2D eigenvalue weighted by atomic mass is 10.1. The number of anilines is 1. The first-order chi connectivity index (χ1) is 9.93. The molecule has 0 saturated carbocycles. The van der Waals surface area contributed by atoms with Crippen LogP contribution in [0.3, 0.4) is 0 Å². The van der Waals surface area contributed by atoms with Crippen LogP contribution < -0.4 is 15.4 Å². The van der Waals surface area contributed by atoms with Crippen molar-refractivity contribution >= 4 is 17.7 Å². The largest absolute Gasteiger partial charge is 0.497 e. The molecule has 1 aromatic carbocycles. The normalized spacial score (nSPS) is 11.6. The van der Waals surface area contributed by atoms with Crippen molar-refractivity contribution in [2.24, 2.45) is 5.92 Å². The Kier molecular flexibility index (Phi) is 6.45. The van der Waals surface area contributed by atoms with Crippen LogP contribution in [0, 0.1) is 11.7 Å². The summed E-state index contributed by atoms with van der Waals surface area (Å²) in [6, 6.07) is 3.47. The lowest BCUT2D eigenvalue weighted by Crippen LogP contribution is -2.30. The van der Waals surface area contributed by atoms with Crippen LogP contribution in [0.4, 0.5) is 14.9 Å². The number of methoxy groups -OCH3 is 1. The third kappa shape index (κ3) is 5.68. The number of benzene rings is 1. The molecule has 0 bridgehead atoms. The summed E-state index contributed by atoms with van der Waals surface area (Å²) in [6.07, 6.45) is 0.991. The van der Waals surface area contributed by atoms with Gasteiger partial charge in [-0.2, -0.15) is 0 Å². The number of aliphatic carboxylic acids is 1. The zero-order valence-corrected chi connectivity index (χ0v) is 12.0. The van der Waals surface area contributed by atoms with Crippen molar-refractivity contribution in [2.45, 2.75) is 19.8 Å². The number of nitrogens with one attached hydrogen (secondary N) is 2.